The molecule has 0 amide bonds. The average Bonchev–Trinajstić information content (AvgIpc) is 2.79. The SMILES string of the molecule is NCc1cccc(SCc2ccsc2)c1. The average molecular weight is 235 g/mol. The third-order valence-electron chi connectivity index (χ3n) is 2.12. The van der Waals surface area contributed by atoms with Crippen LogP contribution < -0.4 is 5.73 Å². The summed E-state index contributed by atoms with van der Waals surface area (Å²) in [5.41, 5.74) is 8.19. The zero-order valence-corrected chi connectivity index (χ0v) is 9.98. The summed E-state index contributed by atoms with van der Waals surface area (Å²) in [6, 6.07) is 10.6. The van der Waals surface area contributed by atoms with Gasteiger partial charge >= 0.3 is 0 Å². The molecule has 1 aromatic carbocycles. The van der Waals surface area contributed by atoms with Crippen LogP contribution in [0.5, 0.6) is 0 Å². The Hall–Kier alpha value is -0.770. The summed E-state index contributed by atoms with van der Waals surface area (Å²) in [6.45, 7) is 0.618. The van der Waals surface area contributed by atoms with E-state index >= 15 is 0 Å². The molecule has 3 heteroatoms. The van der Waals surface area contributed by atoms with Gasteiger partial charge in [0.05, 0.1) is 0 Å². The summed E-state index contributed by atoms with van der Waals surface area (Å²) in [6.07, 6.45) is 0. The molecule has 0 unspecified atom stereocenters. The van der Waals surface area contributed by atoms with E-state index in [0.717, 1.165) is 5.75 Å². The van der Waals surface area contributed by atoms with Crippen LogP contribution in [0.4, 0.5) is 0 Å². The zero-order valence-electron chi connectivity index (χ0n) is 8.35. The maximum atomic E-state index is 5.60. The third-order valence-corrected chi connectivity index (χ3v) is 3.92. The molecule has 0 bridgehead atoms. The molecule has 0 saturated carbocycles. The highest BCUT2D eigenvalue weighted by Crippen LogP contribution is 2.24. The smallest absolute Gasteiger partial charge is 0.0240 e. The van der Waals surface area contributed by atoms with Gasteiger partial charge in [-0.1, -0.05) is 12.1 Å². The quantitative estimate of drug-likeness (QED) is 0.821. The standard InChI is InChI=1S/C12H13NS2/c13-7-10-2-1-3-12(6-10)15-9-11-4-5-14-8-11/h1-6,8H,7,9,13H2. The lowest BCUT2D eigenvalue weighted by molar-refractivity contribution is 1.06. The van der Waals surface area contributed by atoms with Crippen molar-refractivity contribution in [3.05, 3.63) is 52.2 Å². The minimum atomic E-state index is 0.618. The molecule has 1 nitrogen and oxygen atoms in total. The van der Waals surface area contributed by atoms with E-state index in [-0.39, 0.29) is 0 Å². The van der Waals surface area contributed by atoms with Crippen molar-refractivity contribution in [2.24, 2.45) is 5.73 Å². The second-order valence-electron chi connectivity index (χ2n) is 3.27. The van der Waals surface area contributed by atoms with E-state index in [9.17, 15) is 0 Å². The molecule has 0 radical (unpaired) electrons. The van der Waals surface area contributed by atoms with Crippen LogP contribution in [0.25, 0.3) is 0 Å². The first kappa shape index (κ1) is 10.7. The van der Waals surface area contributed by atoms with E-state index in [1.807, 2.05) is 11.8 Å². The Morgan fingerprint density at radius 3 is 2.87 bits per heavy atom. The van der Waals surface area contributed by atoms with Gasteiger partial charge in [0.15, 0.2) is 0 Å². The topological polar surface area (TPSA) is 26.0 Å². The lowest BCUT2D eigenvalue weighted by Crippen LogP contribution is -1.95. The predicted octanol–water partition coefficient (Wildman–Crippen LogP) is 3.50. The first-order valence-corrected chi connectivity index (χ1v) is 6.74. The first-order chi connectivity index (χ1) is 7.38. The lowest BCUT2D eigenvalue weighted by atomic mass is 10.2. The summed E-state index contributed by atoms with van der Waals surface area (Å²) < 4.78 is 0. The van der Waals surface area contributed by atoms with Gasteiger partial charge in [0.2, 0.25) is 0 Å². The highest BCUT2D eigenvalue weighted by atomic mass is 32.2. The van der Waals surface area contributed by atoms with Crippen molar-refractivity contribution in [2.45, 2.75) is 17.2 Å². The highest BCUT2D eigenvalue weighted by molar-refractivity contribution is 7.98. The second-order valence-corrected chi connectivity index (χ2v) is 5.10. The van der Waals surface area contributed by atoms with E-state index in [1.165, 1.54) is 16.0 Å². The number of benzene rings is 1. The molecule has 2 rings (SSSR count). The Labute approximate surface area is 98.3 Å². The maximum Gasteiger partial charge on any atom is 0.0240 e. The van der Waals surface area contributed by atoms with E-state index < -0.39 is 0 Å². The van der Waals surface area contributed by atoms with E-state index in [0.29, 0.717) is 6.54 Å². The normalized spacial score (nSPS) is 10.5. The van der Waals surface area contributed by atoms with Crippen molar-refractivity contribution >= 4 is 23.1 Å². The minimum absolute atomic E-state index is 0.618. The number of nitrogens with two attached hydrogens (primary N) is 1. The predicted molar refractivity (Wildman–Crippen MR) is 68.2 cm³/mol. The fraction of sp³-hybridized carbons (Fsp3) is 0.167. The van der Waals surface area contributed by atoms with Crippen molar-refractivity contribution < 1.29 is 0 Å². The first-order valence-electron chi connectivity index (χ1n) is 4.81. The maximum absolute atomic E-state index is 5.60. The van der Waals surface area contributed by atoms with E-state index in [1.54, 1.807) is 11.3 Å². The Bertz CT molecular complexity index is 409. The van der Waals surface area contributed by atoms with Gasteiger partial charge < -0.3 is 5.73 Å². The summed E-state index contributed by atoms with van der Waals surface area (Å²) in [7, 11) is 0. The molecular weight excluding hydrogens is 222 g/mol. The van der Waals surface area contributed by atoms with Crippen LogP contribution in [0.3, 0.4) is 0 Å². The van der Waals surface area contributed by atoms with Crippen molar-refractivity contribution in [2.75, 3.05) is 0 Å². The fourth-order valence-electron chi connectivity index (χ4n) is 1.30. The van der Waals surface area contributed by atoms with Crippen molar-refractivity contribution in [1.82, 2.24) is 0 Å². The number of rotatable bonds is 4. The molecule has 0 fully saturated rings. The third kappa shape index (κ3) is 3.09. The molecule has 0 aliphatic rings. The van der Waals surface area contributed by atoms with Gasteiger partial charge in [0.1, 0.15) is 0 Å². The van der Waals surface area contributed by atoms with Crippen molar-refractivity contribution in [3.8, 4) is 0 Å². The molecule has 2 N–H and O–H groups in total. The van der Waals surface area contributed by atoms with Crippen LogP contribution in [0.1, 0.15) is 11.1 Å². The van der Waals surface area contributed by atoms with Crippen LogP contribution in [-0.2, 0) is 12.3 Å². The molecule has 1 heterocycles. The molecule has 0 atom stereocenters. The van der Waals surface area contributed by atoms with Crippen LogP contribution >= 0.6 is 23.1 Å². The summed E-state index contributed by atoms with van der Waals surface area (Å²) >= 11 is 3.61. The van der Waals surface area contributed by atoms with E-state index in [2.05, 4.69) is 41.1 Å². The Kier molecular flexibility index (Phi) is 3.83. The molecule has 0 saturated heterocycles. The van der Waals surface area contributed by atoms with Gasteiger partial charge in [-0.2, -0.15) is 11.3 Å². The van der Waals surface area contributed by atoms with Gasteiger partial charge in [-0.3, -0.25) is 0 Å². The van der Waals surface area contributed by atoms with Crippen molar-refractivity contribution in [3.63, 3.8) is 0 Å². The number of hydrogen-bond donors (Lipinski definition) is 1. The molecule has 15 heavy (non-hydrogen) atoms. The number of thioether (sulfide) groups is 1. The van der Waals surface area contributed by atoms with Gasteiger partial charge in [0, 0.05) is 17.2 Å². The fourth-order valence-corrected chi connectivity index (χ4v) is 3.00. The number of thiophene rings is 1. The summed E-state index contributed by atoms with van der Waals surface area (Å²) in [4.78, 5) is 1.30. The lowest BCUT2D eigenvalue weighted by Gasteiger charge is -2.02. The largest absolute Gasteiger partial charge is 0.326 e. The second kappa shape index (κ2) is 5.35. The summed E-state index contributed by atoms with van der Waals surface area (Å²) in [5.74, 6) is 1.04. The van der Waals surface area contributed by atoms with E-state index in [4.69, 9.17) is 5.73 Å². The van der Waals surface area contributed by atoms with Crippen LogP contribution in [0.15, 0.2) is 46.0 Å². The Morgan fingerprint density at radius 1 is 1.20 bits per heavy atom. The Balaban J connectivity index is 1.98. The molecule has 0 aliphatic carbocycles. The molecule has 1 aromatic heterocycles. The molecule has 2 aromatic rings. The van der Waals surface area contributed by atoms with Gasteiger partial charge in [-0.25, -0.2) is 0 Å². The molecule has 0 spiro atoms. The van der Waals surface area contributed by atoms with Crippen LogP contribution in [0, 0.1) is 0 Å². The number of hydrogen-bond acceptors (Lipinski definition) is 3. The van der Waals surface area contributed by atoms with Gasteiger partial charge in [-0.05, 0) is 40.1 Å². The summed E-state index contributed by atoms with van der Waals surface area (Å²) in [5, 5.41) is 4.31. The monoisotopic (exact) mass is 235 g/mol. The zero-order chi connectivity index (χ0) is 10.5. The molecule has 78 valence electrons. The van der Waals surface area contributed by atoms with Gasteiger partial charge in [-0.15, -0.1) is 11.8 Å². The highest BCUT2D eigenvalue weighted by Gasteiger charge is 1.97. The Morgan fingerprint density at radius 2 is 2.13 bits per heavy atom. The van der Waals surface area contributed by atoms with Crippen molar-refractivity contribution in [1.29, 1.82) is 0 Å². The molecular formula is C12H13NS2. The van der Waals surface area contributed by atoms with Crippen LogP contribution in [0.2, 0.25) is 0 Å². The van der Waals surface area contributed by atoms with Gasteiger partial charge in [0.25, 0.3) is 0 Å². The van der Waals surface area contributed by atoms with Crippen LogP contribution in [-0.4, -0.2) is 0 Å². The minimum Gasteiger partial charge on any atom is -0.326 e. The molecule has 0 aliphatic heterocycles.